The van der Waals surface area contributed by atoms with Gasteiger partial charge in [0.05, 0.1) is 0 Å². The Morgan fingerprint density at radius 3 is 1.69 bits per heavy atom. The van der Waals surface area contributed by atoms with Crippen LogP contribution in [0.1, 0.15) is 10.4 Å². The third kappa shape index (κ3) is 3.38. The zero-order chi connectivity index (χ0) is 18.6. The van der Waals surface area contributed by atoms with Gasteiger partial charge >= 0.3 is 5.45 Å². The molecule has 0 aromatic heterocycles. The van der Waals surface area contributed by atoms with Gasteiger partial charge in [0.2, 0.25) is 0 Å². The smallest absolute Gasteiger partial charge is 0.360 e. The van der Waals surface area contributed by atoms with E-state index in [9.17, 15) is 14.9 Å². The van der Waals surface area contributed by atoms with Gasteiger partial charge < -0.3 is 10.1 Å². The van der Waals surface area contributed by atoms with E-state index in [-0.39, 0.29) is 5.45 Å². The molecular weight excluding hydrogens is 411 g/mol. The zero-order valence-corrected chi connectivity index (χ0v) is 16.1. The van der Waals surface area contributed by atoms with Gasteiger partial charge in [-0.3, -0.25) is 4.79 Å². The van der Waals surface area contributed by atoms with Crippen molar-refractivity contribution in [3.05, 3.63) is 100 Å². The van der Waals surface area contributed by atoms with Crippen LogP contribution in [0.25, 0.3) is 5.53 Å². The van der Waals surface area contributed by atoms with E-state index < -0.39 is 12.9 Å². The second-order valence-electron chi connectivity index (χ2n) is 5.54. The minimum absolute atomic E-state index is 0.299. The van der Waals surface area contributed by atoms with Gasteiger partial charge in [-0.1, -0.05) is 76.6 Å². The first kappa shape index (κ1) is 18.2. The molecule has 0 radical (unpaired) electrons. The van der Waals surface area contributed by atoms with Crippen molar-refractivity contribution in [2.75, 3.05) is 0 Å². The zero-order valence-electron chi connectivity index (χ0n) is 13.6. The molecule has 3 aromatic rings. The predicted molar refractivity (Wildman–Crippen MR) is 107 cm³/mol. The summed E-state index contributed by atoms with van der Waals surface area (Å²) in [6.45, 7) is 0. The number of rotatable bonds is 5. The fraction of sp³-hybridized carbons (Fsp3) is 0. The summed E-state index contributed by atoms with van der Waals surface area (Å²) < 4.78 is 14.9. The molecule has 6 heteroatoms. The van der Waals surface area contributed by atoms with Crippen LogP contribution in [0.5, 0.6) is 0 Å². The highest BCUT2D eigenvalue weighted by Crippen LogP contribution is 2.45. The Balaban J connectivity index is 2.21. The number of carbonyl (C=O) groups excluding carboxylic acids is 1. The normalized spacial score (nSPS) is 10.8. The molecule has 0 amide bonds. The van der Waals surface area contributed by atoms with E-state index in [1.54, 1.807) is 84.9 Å². The summed E-state index contributed by atoms with van der Waals surface area (Å²) >= 11 is 3.32. The largest absolute Gasteiger partial charge is 0.402 e. The Kier molecular flexibility index (Phi) is 5.43. The minimum Gasteiger partial charge on any atom is -0.360 e. The molecule has 0 aliphatic carbocycles. The van der Waals surface area contributed by atoms with Crippen LogP contribution in [0.15, 0.2) is 89.4 Å². The lowest BCUT2D eigenvalue weighted by atomic mass is 10.1. The Morgan fingerprint density at radius 1 is 0.808 bits per heavy atom. The topological polar surface area (TPSA) is 70.5 Å². The third-order valence-electron chi connectivity index (χ3n) is 3.94. The summed E-state index contributed by atoms with van der Waals surface area (Å²) in [6, 6.07) is 23.9. The quantitative estimate of drug-likeness (QED) is 0.201. The highest BCUT2D eigenvalue weighted by molar-refractivity contribution is 9.10. The van der Waals surface area contributed by atoms with E-state index in [1.165, 1.54) is 0 Å². The maximum atomic E-state index is 14.1. The second kappa shape index (κ2) is 7.76. The standard InChI is InChI=1S/C20H14BrN2O2P/c21-16-13-11-15(12-14-16)19(24)20(23-22)26(25,17-7-3-1-4-8-17)18-9-5-2-6-10-18/h1-14H. The molecule has 3 rings (SSSR count). The number of benzene rings is 3. The SMILES string of the molecule is [N-]=[N+]=C(C(=O)c1ccc(Br)cc1)P(=O)(c1ccccc1)c1ccccc1. The van der Waals surface area contributed by atoms with Gasteiger partial charge in [-0.25, -0.2) is 0 Å². The number of hydrogen-bond acceptors (Lipinski definition) is 2. The van der Waals surface area contributed by atoms with Crippen LogP contribution in [-0.2, 0) is 4.57 Å². The molecule has 128 valence electrons. The van der Waals surface area contributed by atoms with Crippen molar-refractivity contribution >= 4 is 44.9 Å². The molecule has 0 saturated heterocycles. The number of halogens is 1. The Morgan fingerprint density at radius 2 is 1.27 bits per heavy atom. The summed E-state index contributed by atoms with van der Waals surface area (Å²) in [5.41, 5.74) is 9.59. The van der Waals surface area contributed by atoms with Crippen molar-refractivity contribution < 1.29 is 14.1 Å². The van der Waals surface area contributed by atoms with Crippen molar-refractivity contribution in [1.82, 2.24) is 0 Å². The van der Waals surface area contributed by atoms with Crippen molar-refractivity contribution in [3.8, 4) is 0 Å². The molecule has 26 heavy (non-hydrogen) atoms. The maximum absolute atomic E-state index is 14.1. The summed E-state index contributed by atoms with van der Waals surface area (Å²) in [5, 5.41) is 0.869. The van der Waals surface area contributed by atoms with Crippen LogP contribution in [-0.4, -0.2) is 16.0 Å². The first-order valence-corrected chi connectivity index (χ1v) is 10.3. The molecular formula is C20H14BrN2O2P. The summed E-state index contributed by atoms with van der Waals surface area (Å²) in [5.74, 6) is -0.573. The third-order valence-corrected chi connectivity index (χ3v) is 7.41. The van der Waals surface area contributed by atoms with Gasteiger partial charge in [0.1, 0.15) is 0 Å². The molecule has 0 atom stereocenters. The van der Waals surface area contributed by atoms with Gasteiger partial charge in [0, 0.05) is 20.6 Å². The van der Waals surface area contributed by atoms with Crippen LogP contribution in [0.2, 0.25) is 0 Å². The van der Waals surface area contributed by atoms with E-state index in [2.05, 4.69) is 20.7 Å². The van der Waals surface area contributed by atoms with E-state index in [4.69, 9.17) is 0 Å². The minimum atomic E-state index is -3.63. The molecule has 0 bridgehead atoms. The molecule has 0 unspecified atom stereocenters. The molecule has 0 fully saturated rings. The Hall–Kier alpha value is -2.58. The molecule has 0 spiro atoms. The number of carbonyl (C=O) groups is 1. The van der Waals surface area contributed by atoms with Crippen LogP contribution in [0, 0.1) is 0 Å². The molecule has 0 saturated carbocycles. The van der Waals surface area contributed by atoms with Gasteiger partial charge in [0.25, 0.3) is 12.9 Å². The lowest BCUT2D eigenvalue weighted by Crippen LogP contribution is -2.28. The van der Waals surface area contributed by atoms with Crippen LogP contribution < -0.4 is 10.6 Å². The average molecular weight is 425 g/mol. The van der Waals surface area contributed by atoms with Crippen LogP contribution in [0.4, 0.5) is 0 Å². The lowest BCUT2D eigenvalue weighted by Gasteiger charge is -2.14. The Bertz CT molecular complexity index is 985. The lowest BCUT2D eigenvalue weighted by molar-refractivity contribution is -0.00156. The van der Waals surface area contributed by atoms with Crippen molar-refractivity contribution in [2.45, 2.75) is 0 Å². The van der Waals surface area contributed by atoms with Gasteiger partial charge in [-0.15, -0.1) is 0 Å². The Labute approximate surface area is 159 Å². The van der Waals surface area contributed by atoms with E-state index in [0.717, 1.165) is 4.47 Å². The van der Waals surface area contributed by atoms with Crippen molar-refractivity contribution in [2.24, 2.45) is 0 Å². The monoisotopic (exact) mass is 424 g/mol. The highest BCUT2D eigenvalue weighted by atomic mass is 79.9. The highest BCUT2D eigenvalue weighted by Gasteiger charge is 2.45. The molecule has 0 aliphatic rings. The molecule has 0 N–H and O–H groups in total. The first-order chi connectivity index (χ1) is 12.6. The number of hydrogen-bond donors (Lipinski definition) is 0. The van der Waals surface area contributed by atoms with E-state index >= 15 is 0 Å². The number of nitrogens with zero attached hydrogens (tertiary/aromatic N) is 2. The van der Waals surface area contributed by atoms with E-state index in [1.807, 2.05) is 0 Å². The first-order valence-electron chi connectivity index (χ1n) is 7.81. The van der Waals surface area contributed by atoms with Crippen molar-refractivity contribution in [1.29, 1.82) is 0 Å². The summed E-state index contributed by atoms with van der Waals surface area (Å²) in [6.07, 6.45) is 0. The predicted octanol–water partition coefficient (Wildman–Crippen LogP) is 4.27. The summed E-state index contributed by atoms with van der Waals surface area (Å²) in [4.78, 5) is 16.2. The van der Waals surface area contributed by atoms with Gasteiger partial charge in [0.15, 0.2) is 0 Å². The second-order valence-corrected chi connectivity index (χ2v) is 9.13. The van der Waals surface area contributed by atoms with Gasteiger partial charge in [-0.2, -0.15) is 4.79 Å². The van der Waals surface area contributed by atoms with Crippen LogP contribution >= 0.6 is 23.1 Å². The van der Waals surface area contributed by atoms with Gasteiger partial charge in [-0.05, 0) is 24.3 Å². The van der Waals surface area contributed by atoms with E-state index in [0.29, 0.717) is 16.2 Å². The average Bonchev–Trinajstić information content (AvgIpc) is 2.70. The number of ketones is 1. The molecule has 0 aliphatic heterocycles. The van der Waals surface area contributed by atoms with Crippen molar-refractivity contribution in [3.63, 3.8) is 0 Å². The fourth-order valence-electron chi connectivity index (χ4n) is 2.65. The molecule has 4 nitrogen and oxygen atoms in total. The summed E-state index contributed by atoms with van der Waals surface area (Å²) in [7, 11) is -3.63. The number of Topliss-reactive ketones (excluding diaryl/α,β-unsaturated/α-hetero) is 1. The maximum Gasteiger partial charge on any atom is 0.402 e. The fourth-order valence-corrected chi connectivity index (χ4v) is 5.43. The molecule has 0 heterocycles. The van der Waals surface area contributed by atoms with Crippen LogP contribution in [0.3, 0.4) is 0 Å². The molecule has 3 aromatic carbocycles.